The lowest BCUT2D eigenvalue weighted by molar-refractivity contribution is -0.384. The van der Waals surface area contributed by atoms with Gasteiger partial charge in [-0.05, 0) is 45.5 Å². The fourth-order valence-corrected chi connectivity index (χ4v) is 10.8. The Labute approximate surface area is 400 Å². The van der Waals surface area contributed by atoms with E-state index in [0.717, 1.165) is 27.8 Å². The van der Waals surface area contributed by atoms with Crippen LogP contribution in [0.1, 0.15) is 45.2 Å². The van der Waals surface area contributed by atoms with Gasteiger partial charge in [-0.2, -0.15) is 0 Å². The molecule has 2 aliphatic heterocycles. The smallest absolute Gasteiger partial charge is 0.319 e. The summed E-state index contributed by atoms with van der Waals surface area (Å²) >= 11 is 2.64. The van der Waals surface area contributed by atoms with Gasteiger partial charge in [-0.3, -0.25) is 24.5 Å². The summed E-state index contributed by atoms with van der Waals surface area (Å²) in [7, 11) is 1.33. The van der Waals surface area contributed by atoms with Gasteiger partial charge in [0.2, 0.25) is 5.91 Å². The van der Waals surface area contributed by atoms with E-state index in [1.54, 1.807) is 34.6 Å². The van der Waals surface area contributed by atoms with Gasteiger partial charge in [-0.1, -0.05) is 169 Å². The predicted octanol–water partition coefficient (Wildman–Crippen LogP) is 9.24. The fraction of sp³-hybridized carbons (Fsp3) is 0.151. The number of ether oxygens (including phenoxy) is 1. The second-order valence-corrected chi connectivity index (χ2v) is 18.2. The lowest BCUT2D eigenvalue weighted by Crippen LogP contribution is -2.74. The first-order valence-corrected chi connectivity index (χ1v) is 23.6. The SMILES string of the molecule is CON=C(C(=O)NC1C(=O)N2CC(C=Cc3ccc([N+](=O)[O-])cc3)(C(=O)OC(c3ccccc3)c3ccccc3)CS[C@H]12)c1csc(NC(c2ccccc2)(c2ccccc2)c2ccccc2)n1. The number of hydrogen-bond acceptors (Lipinski definition) is 12. The van der Waals surface area contributed by atoms with Gasteiger partial charge in [-0.15, -0.1) is 23.1 Å². The van der Waals surface area contributed by atoms with Crippen LogP contribution >= 0.6 is 23.1 Å². The van der Waals surface area contributed by atoms with Crippen LogP contribution in [0, 0.1) is 15.5 Å². The molecular formula is C53H44N6O7S2. The molecule has 2 saturated heterocycles. The minimum absolute atomic E-state index is 0.0411. The summed E-state index contributed by atoms with van der Waals surface area (Å²) in [6.45, 7) is -0.0411. The van der Waals surface area contributed by atoms with Crippen molar-refractivity contribution in [3.63, 3.8) is 0 Å². The molecule has 2 N–H and O–H groups in total. The van der Waals surface area contributed by atoms with Crippen LogP contribution in [-0.4, -0.2) is 69.1 Å². The van der Waals surface area contributed by atoms with E-state index >= 15 is 0 Å². The molecule has 68 heavy (non-hydrogen) atoms. The van der Waals surface area contributed by atoms with Crippen molar-refractivity contribution in [1.29, 1.82) is 0 Å². The maximum atomic E-state index is 14.7. The van der Waals surface area contributed by atoms with E-state index in [1.165, 1.54) is 42.3 Å². The molecular weight excluding hydrogens is 897 g/mol. The van der Waals surface area contributed by atoms with Crippen molar-refractivity contribution in [3.8, 4) is 0 Å². The molecule has 2 aliphatic rings. The minimum Gasteiger partial charge on any atom is -0.452 e. The summed E-state index contributed by atoms with van der Waals surface area (Å²) in [5.74, 6) is -1.42. The van der Waals surface area contributed by atoms with Crippen LogP contribution in [0.2, 0.25) is 0 Å². The number of nitro benzene ring substituents is 1. The molecule has 3 heterocycles. The number of benzene rings is 6. The Balaban J connectivity index is 0.961. The van der Waals surface area contributed by atoms with E-state index in [1.807, 2.05) is 115 Å². The summed E-state index contributed by atoms with van der Waals surface area (Å²) in [5.41, 5.74) is 2.92. The first-order valence-electron chi connectivity index (χ1n) is 21.7. The number of esters is 1. The van der Waals surface area contributed by atoms with Gasteiger partial charge in [-0.25, -0.2) is 4.98 Å². The third kappa shape index (κ3) is 9.13. The number of carbonyl (C=O) groups excluding carboxylic acids is 3. The molecule has 0 spiro atoms. The molecule has 0 saturated carbocycles. The summed E-state index contributed by atoms with van der Waals surface area (Å²) in [6.07, 6.45) is 2.68. The Kier molecular flexibility index (Phi) is 13.3. The lowest BCUT2D eigenvalue weighted by Gasteiger charge is -2.53. The largest absolute Gasteiger partial charge is 0.452 e. The van der Waals surface area contributed by atoms with E-state index < -0.39 is 51.2 Å². The van der Waals surface area contributed by atoms with Gasteiger partial charge in [0.1, 0.15) is 35.2 Å². The third-order valence-electron chi connectivity index (χ3n) is 12.0. The Morgan fingerprint density at radius 2 is 1.35 bits per heavy atom. The van der Waals surface area contributed by atoms with Gasteiger partial charge >= 0.3 is 5.97 Å². The number of β-lactam (4-membered cyclic amide) rings is 1. The Morgan fingerprint density at radius 1 is 0.824 bits per heavy atom. The molecule has 2 fully saturated rings. The molecule has 0 radical (unpaired) electrons. The van der Waals surface area contributed by atoms with E-state index in [4.69, 9.17) is 14.6 Å². The summed E-state index contributed by atoms with van der Waals surface area (Å²) in [6, 6.07) is 54.0. The third-order valence-corrected chi connectivity index (χ3v) is 14.3. The van der Waals surface area contributed by atoms with Crippen molar-refractivity contribution in [1.82, 2.24) is 15.2 Å². The molecule has 1 aromatic heterocycles. The number of thioether (sulfide) groups is 1. The number of anilines is 1. The number of fused-ring (bicyclic) bond motifs is 1. The zero-order valence-electron chi connectivity index (χ0n) is 36.6. The number of hydrogen-bond donors (Lipinski definition) is 2. The van der Waals surface area contributed by atoms with Gasteiger partial charge in [0, 0.05) is 29.8 Å². The average molecular weight is 941 g/mol. The first-order chi connectivity index (χ1) is 33.2. The highest BCUT2D eigenvalue weighted by molar-refractivity contribution is 8.00. The Bertz CT molecular complexity index is 2820. The molecule has 13 nitrogen and oxygen atoms in total. The summed E-state index contributed by atoms with van der Waals surface area (Å²) in [5, 5.41) is 23.8. The highest BCUT2D eigenvalue weighted by atomic mass is 32.2. The molecule has 7 aromatic rings. The number of non-ortho nitro benzene ring substituents is 1. The number of carbonyl (C=O) groups is 3. The molecule has 2 unspecified atom stereocenters. The number of nitrogens with zero attached hydrogens (tertiary/aromatic N) is 4. The number of oxime groups is 1. The topological polar surface area (TPSA) is 165 Å². The van der Waals surface area contributed by atoms with Gasteiger partial charge in [0.05, 0.1) is 4.92 Å². The van der Waals surface area contributed by atoms with Crippen LogP contribution in [0.4, 0.5) is 10.8 Å². The van der Waals surface area contributed by atoms with Crippen molar-refractivity contribution >= 4 is 63.5 Å². The quantitative estimate of drug-likeness (QED) is 0.0238. The fourth-order valence-electron chi connectivity index (χ4n) is 8.55. The van der Waals surface area contributed by atoms with Crippen LogP contribution in [0.15, 0.2) is 193 Å². The summed E-state index contributed by atoms with van der Waals surface area (Å²) in [4.78, 5) is 65.5. The van der Waals surface area contributed by atoms with Crippen molar-refractivity contribution in [2.45, 2.75) is 23.1 Å². The number of nitrogens with one attached hydrogen (secondary N) is 2. The zero-order chi connectivity index (χ0) is 47.1. The van der Waals surface area contributed by atoms with Crippen molar-refractivity contribution in [2.75, 3.05) is 24.7 Å². The van der Waals surface area contributed by atoms with Gasteiger partial charge in [0.25, 0.3) is 11.6 Å². The van der Waals surface area contributed by atoms with E-state index in [9.17, 15) is 24.5 Å². The standard InChI is InChI=1S/C53H44N6O7S2/c1-65-57-44(43-33-67-51(54-43)56-53(39-21-11-4-12-22-39,40-23-13-5-14-24-40)41-25-15-6-16-26-41)47(60)55-45-48(61)58-34-52(35-68-49(45)58,32-31-36-27-29-42(30-28-36)59(63)64)50(62)66-46(37-17-7-2-8-18-37)38-19-9-3-10-20-38/h2-33,45-46,49H,34-35H2,1H3,(H,54,56)(H,55,60)/t45?,49-,52?/m1/s1. The lowest BCUT2D eigenvalue weighted by atomic mass is 9.77. The normalized spacial score (nSPS) is 18.1. The highest BCUT2D eigenvalue weighted by Crippen LogP contribution is 2.45. The van der Waals surface area contributed by atoms with Crippen molar-refractivity contribution in [2.24, 2.45) is 10.6 Å². The van der Waals surface area contributed by atoms with Crippen LogP contribution in [-0.2, 0) is 29.5 Å². The molecule has 0 aliphatic carbocycles. The maximum Gasteiger partial charge on any atom is 0.319 e. The predicted molar refractivity (Wildman–Crippen MR) is 264 cm³/mol. The van der Waals surface area contributed by atoms with Crippen LogP contribution in [0.25, 0.3) is 6.08 Å². The van der Waals surface area contributed by atoms with E-state index in [0.29, 0.717) is 10.7 Å². The van der Waals surface area contributed by atoms with E-state index in [2.05, 4.69) is 52.2 Å². The second kappa shape index (κ2) is 19.9. The average Bonchev–Trinajstić information content (AvgIpc) is 3.86. The maximum absolute atomic E-state index is 14.7. The number of thiazole rings is 1. The summed E-state index contributed by atoms with van der Waals surface area (Å²) < 4.78 is 6.41. The first kappa shape index (κ1) is 45.3. The number of aromatic nitrogens is 1. The molecule has 340 valence electrons. The van der Waals surface area contributed by atoms with Crippen LogP contribution in [0.5, 0.6) is 0 Å². The van der Waals surface area contributed by atoms with Crippen LogP contribution < -0.4 is 10.6 Å². The van der Waals surface area contributed by atoms with Crippen molar-refractivity contribution < 1.29 is 28.9 Å². The second-order valence-electron chi connectivity index (χ2n) is 16.2. The van der Waals surface area contributed by atoms with Gasteiger partial charge < -0.3 is 25.1 Å². The molecule has 6 aromatic carbocycles. The Hall–Kier alpha value is -7.88. The van der Waals surface area contributed by atoms with Crippen molar-refractivity contribution in [3.05, 3.63) is 237 Å². The monoisotopic (exact) mass is 940 g/mol. The molecule has 2 amide bonds. The van der Waals surface area contributed by atoms with E-state index in [-0.39, 0.29) is 29.4 Å². The molecule has 0 bridgehead atoms. The molecule has 3 atom stereocenters. The molecule has 9 rings (SSSR count). The highest BCUT2D eigenvalue weighted by Gasteiger charge is 2.57. The zero-order valence-corrected chi connectivity index (χ0v) is 38.2. The molecule has 15 heteroatoms. The number of nitro groups is 1. The van der Waals surface area contributed by atoms with Crippen LogP contribution in [0.3, 0.4) is 0 Å². The van der Waals surface area contributed by atoms with Gasteiger partial charge in [0.15, 0.2) is 16.9 Å². The minimum atomic E-state index is -1.34. The number of amides is 2. The Morgan fingerprint density at radius 3 is 1.87 bits per heavy atom. The number of rotatable bonds is 16.